The second-order valence-electron chi connectivity index (χ2n) is 3.14. The van der Waals surface area contributed by atoms with Gasteiger partial charge in [-0.05, 0) is 6.42 Å². The molecule has 0 aliphatic carbocycles. The molecule has 1 saturated heterocycles. The Morgan fingerprint density at radius 1 is 1.54 bits per heavy atom. The molecule has 1 amide bonds. The van der Waals surface area contributed by atoms with E-state index in [1.165, 1.54) is 0 Å². The number of hydrogen-bond donors (Lipinski definition) is 2. The minimum Gasteiger partial charge on any atom is -0.394 e. The normalized spacial score (nSPS) is 29.1. The summed E-state index contributed by atoms with van der Waals surface area (Å²) < 4.78 is 35.6. The highest BCUT2D eigenvalue weighted by molar-refractivity contribution is 5.81. The molecule has 1 aliphatic heterocycles. The molecule has 0 aromatic rings. The van der Waals surface area contributed by atoms with E-state index in [1.807, 2.05) is 0 Å². The second-order valence-corrected chi connectivity index (χ2v) is 3.14. The number of carbonyl (C=O) groups excluding carboxylic acids is 1. The Balaban J connectivity index is 2.49. The third kappa shape index (κ3) is 2.87. The van der Waals surface area contributed by atoms with E-state index in [4.69, 9.17) is 5.11 Å². The van der Waals surface area contributed by atoms with Crippen molar-refractivity contribution in [1.82, 2.24) is 5.32 Å². The van der Waals surface area contributed by atoms with Crippen molar-refractivity contribution in [3.63, 3.8) is 0 Å². The van der Waals surface area contributed by atoms with Gasteiger partial charge < -0.3 is 10.4 Å². The van der Waals surface area contributed by atoms with Crippen molar-refractivity contribution in [1.29, 1.82) is 0 Å². The molecule has 1 aliphatic rings. The summed E-state index contributed by atoms with van der Waals surface area (Å²) in [5.41, 5.74) is 0. The molecule has 0 bridgehead atoms. The van der Waals surface area contributed by atoms with E-state index in [0.29, 0.717) is 0 Å². The van der Waals surface area contributed by atoms with E-state index in [1.54, 1.807) is 0 Å². The lowest BCUT2D eigenvalue weighted by molar-refractivity contribution is -0.151. The van der Waals surface area contributed by atoms with Crippen LogP contribution in [0.2, 0.25) is 0 Å². The van der Waals surface area contributed by atoms with Gasteiger partial charge in [-0.3, -0.25) is 4.79 Å². The van der Waals surface area contributed by atoms with Gasteiger partial charge in [0.15, 0.2) is 0 Å². The Labute approximate surface area is 72.9 Å². The Morgan fingerprint density at radius 2 is 2.15 bits per heavy atom. The standard InChI is InChI=1S/C7H10F3NO2/c8-7(9,10)2-4-1-5(3-12)11-6(4)13/h4-5,12H,1-3H2,(H,11,13)/t4?,5-/m0/s1. The number of rotatable bonds is 2. The van der Waals surface area contributed by atoms with Crippen molar-refractivity contribution in [3.05, 3.63) is 0 Å². The van der Waals surface area contributed by atoms with Crippen LogP contribution in [-0.2, 0) is 4.79 Å². The highest BCUT2D eigenvalue weighted by Gasteiger charge is 2.40. The summed E-state index contributed by atoms with van der Waals surface area (Å²) in [4.78, 5) is 10.9. The molecule has 6 heteroatoms. The monoisotopic (exact) mass is 197 g/mol. The fourth-order valence-electron chi connectivity index (χ4n) is 1.40. The predicted octanol–water partition coefficient (Wildman–Crippen LogP) is 0.436. The van der Waals surface area contributed by atoms with Crippen LogP contribution < -0.4 is 5.32 Å². The first-order chi connectivity index (χ1) is 5.92. The zero-order valence-electron chi connectivity index (χ0n) is 6.77. The number of halogens is 3. The van der Waals surface area contributed by atoms with Crippen molar-refractivity contribution in [2.45, 2.75) is 25.1 Å². The van der Waals surface area contributed by atoms with E-state index >= 15 is 0 Å². The molecule has 76 valence electrons. The first kappa shape index (κ1) is 10.3. The Morgan fingerprint density at radius 3 is 2.54 bits per heavy atom. The van der Waals surface area contributed by atoms with Crippen molar-refractivity contribution < 1.29 is 23.1 Å². The second kappa shape index (κ2) is 3.53. The number of nitrogens with one attached hydrogen (secondary N) is 1. The molecule has 1 heterocycles. The lowest BCUT2D eigenvalue weighted by atomic mass is 10.0. The van der Waals surface area contributed by atoms with Crippen LogP contribution in [0.1, 0.15) is 12.8 Å². The molecule has 2 atom stereocenters. The molecule has 1 unspecified atom stereocenters. The Kier molecular flexibility index (Phi) is 2.80. The Bertz CT molecular complexity index is 204. The zero-order chi connectivity index (χ0) is 10.1. The molecule has 0 aromatic heterocycles. The molecule has 1 fully saturated rings. The van der Waals surface area contributed by atoms with Crippen LogP contribution in [0.25, 0.3) is 0 Å². The van der Waals surface area contributed by atoms with E-state index in [2.05, 4.69) is 5.32 Å². The maximum atomic E-state index is 11.9. The Hall–Kier alpha value is -0.780. The predicted molar refractivity (Wildman–Crippen MR) is 37.8 cm³/mol. The van der Waals surface area contributed by atoms with Gasteiger partial charge in [0, 0.05) is 5.92 Å². The summed E-state index contributed by atoms with van der Waals surface area (Å²) in [6.45, 7) is -0.305. The van der Waals surface area contributed by atoms with Crippen molar-refractivity contribution in [3.8, 4) is 0 Å². The number of aliphatic hydroxyl groups is 1. The molecular formula is C7H10F3NO2. The summed E-state index contributed by atoms with van der Waals surface area (Å²) in [6, 6.07) is -0.514. The molecule has 2 N–H and O–H groups in total. The number of hydrogen-bond acceptors (Lipinski definition) is 2. The highest BCUT2D eigenvalue weighted by Crippen LogP contribution is 2.29. The summed E-state index contributed by atoms with van der Waals surface area (Å²) in [6.07, 6.45) is -5.35. The third-order valence-electron chi connectivity index (χ3n) is 1.98. The van der Waals surface area contributed by atoms with E-state index in [9.17, 15) is 18.0 Å². The summed E-state index contributed by atoms with van der Waals surface area (Å²) in [7, 11) is 0. The smallest absolute Gasteiger partial charge is 0.389 e. The van der Waals surface area contributed by atoms with E-state index in [-0.39, 0.29) is 13.0 Å². The summed E-state index contributed by atoms with van der Waals surface area (Å²) in [5.74, 6) is -1.64. The van der Waals surface area contributed by atoms with Gasteiger partial charge in [0.25, 0.3) is 0 Å². The van der Waals surface area contributed by atoms with Gasteiger partial charge in [-0.25, -0.2) is 0 Å². The molecular weight excluding hydrogens is 187 g/mol. The molecule has 1 rings (SSSR count). The van der Waals surface area contributed by atoms with Crippen molar-refractivity contribution >= 4 is 5.91 Å². The molecule has 3 nitrogen and oxygen atoms in total. The number of aliphatic hydroxyl groups excluding tert-OH is 1. The molecule has 0 radical (unpaired) electrons. The van der Waals surface area contributed by atoms with Crippen molar-refractivity contribution in [2.75, 3.05) is 6.61 Å². The average molecular weight is 197 g/mol. The SMILES string of the molecule is O=C1N[C@H](CO)CC1CC(F)(F)F. The lowest BCUT2D eigenvalue weighted by Crippen LogP contribution is -2.29. The van der Waals surface area contributed by atoms with Gasteiger partial charge in [0.05, 0.1) is 19.1 Å². The summed E-state index contributed by atoms with van der Waals surface area (Å²) in [5, 5.41) is 10.9. The van der Waals surface area contributed by atoms with E-state index in [0.717, 1.165) is 0 Å². The fraction of sp³-hybridized carbons (Fsp3) is 0.857. The van der Waals surface area contributed by atoms with Crippen LogP contribution in [0.15, 0.2) is 0 Å². The van der Waals surface area contributed by atoms with Gasteiger partial charge in [0.1, 0.15) is 0 Å². The van der Waals surface area contributed by atoms with Crippen LogP contribution in [0.3, 0.4) is 0 Å². The zero-order valence-corrected chi connectivity index (χ0v) is 6.77. The van der Waals surface area contributed by atoms with Crippen LogP contribution in [-0.4, -0.2) is 29.8 Å². The molecule has 13 heavy (non-hydrogen) atoms. The minimum absolute atomic E-state index is 0.0643. The van der Waals surface area contributed by atoms with Gasteiger partial charge in [0.2, 0.25) is 5.91 Å². The first-order valence-corrected chi connectivity index (χ1v) is 3.90. The van der Waals surface area contributed by atoms with E-state index < -0.39 is 30.5 Å². The lowest BCUT2D eigenvalue weighted by Gasteiger charge is -2.09. The number of amides is 1. The van der Waals surface area contributed by atoms with Crippen LogP contribution >= 0.6 is 0 Å². The fourth-order valence-corrected chi connectivity index (χ4v) is 1.40. The average Bonchev–Trinajstić information content (AvgIpc) is 2.29. The molecule has 0 aromatic carbocycles. The van der Waals surface area contributed by atoms with Gasteiger partial charge in [-0.2, -0.15) is 13.2 Å². The van der Waals surface area contributed by atoms with Crippen molar-refractivity contribution in [2.24, 2.45) is 5.92 Å². The van der Waals surface area contributed by atoms with Crippen LogP contribution in [0.4, 0.5) is 13.2 Å². The number of alkyl halides is 3. The van der Waals surface area contributed by atoms with Crippen LogP contribution in [0.5, 0.6) is 0 Å². The van der Waals surface area contributed by atoms with Gasteiger partial charge in [-0.1, -0.05) is 0 Å². The minimum atomic E-state index is -4.31. The maximum absolute atomic E-state index is 11.9. The highest BCUT2D eigenvalue weighted by atomic mass is 19.4. The first-order valence-electron chi connectivity index (χ1n) is 3.90. The topological polar surface area (TPSA) is 49.3 Å². The molecule has 0 saturated carbocycles. The number of carbonyl (C=O) groups is 1. The van der Waals surface area contributed by atoms with Crippen LogP contribution in [0, 0.1) is 5.92 Å². The third-order valence-corrected chi connectivity index (χ3v) is 1.98. The maximum Gasteiger partial charge on any atom is 0.389 e. The van der Waals surface area contributed by atoms with Gasteiger partial charge >= 0.3 is 6.18 Å². The molecule has 0 spiro atoms. The van der Waals surface area contributed by atoms with Gasteiger partial charge in [-0.15, -0.1) is 0 Å². The summed E-state index contributed by atoms with van der Waals surface area (Å²) >= 11 is 0. The quantitative estimate of drug-likeness (QED) is 0.674. The largest absolute Gasteiger partial charge is 0.394 e.